The fraction of sp³-hybridized carbons (Fsp3) is 0.875. The second-order valence-electron chi connectivity index (χ2n) is 3.19. The quantitative estimate of drug-likeness (QED) is 0.663. The summed E-state index contributed by atoms with van der Waals surface area (Å²) in [5, 5.41) is 8.52. The van der Waals surface area contributed by atoms with E-state index in [1.165, 1.54) is 12.8 Å². The highest BCUT2D eigenvalue weighted by Gasteiger charge is 2.19. The average Bonchev–Trinajstić information content (AvgIpc) is 2.35. The fourth-order valence-electron chi connectivity index (χ4n) is 1.56. The van der Waals surface area contributed by atoms with E-state index >= 15 is 0 Å². The number of carboxylic acid groups (broad SMARTS) is 1. The molecule has 0 aromatic heterocycles. The van der Waals surface area contributed by atoms with Gasteiger partial charge in [0.2, 0.25) is 0 Å². The average molecular weight is 157 g/mol. The maximum absolute atomic E-state index is 10.3. The van der Waals surface area contributed by atoms with E-state index in [0.29, 0.717) is 0 Å². The van der Waals surface area contributed by atoms with E-state index in [1.807, 2.05) is 6.92 Å². The van der Waals surface area contributed by atoms with Gasteiger partial charge in [-0.25, -0.2) is 0 Å². The zero-order chi connectivity index (χ0) is 8.27. The standard InChI is InChI=1S/C8H15NO2/c1-7(6-8(10)11)9-4-2-3-5-9/h7H,2-6H2,1H3,(H,10,11). The maximum atomic E-state index is 10.3. The molecule has 0 aliphatic carbocycles. The molecule has 1 rings (SSSR count). The third-order valence-corrected chi connectivity index (χ3v) is 2.23. The monoisotopic (exact) mass is 157 g/mol. The van der Waals surface area contributed by atoms with E-state index in [4.69, 9.17) is 5.11 Å². The summed E-state index contributed by atoms with van der Waals surface area (Å²) in [4.78, 5) is 12.6. The van der Waals surface area contributed by atoms with Crippen molar-refractivity contribution in [2.75, 3.05) is 13.1 Å². The van der Waals surface area contributed by atoms with Crippen LogP contribution in [0.25, 0.3) is 0 Å². The number of likely N-dealkylation sites (tertiary alicyclic amines) is 1. The third kappa shape index (κ3) is 2.50. The molecule has 1 aliphatic rings. The molecule has 1 fully saturated rings. The first-order valence-corrected chi connectivity index (χ1v) is 4.16. The van der Waals surface area contributed by atoms with E-state index in [0.717, 1.165) is 13.1 Å². The molecule has 0 spiro atoms. The number of carboxylic acids is 1. The molecule has 1 N–H and O–H groups in total. The topological polar surface area (TPSA) is 40.5 Å². The van der Waals surface area contributed by atoms with Crippen molar-refractivity contribution in [1.82, 2.24) is 4.90 Å². The highest BCUT2D eigenvalue weighted by atomic mass is 16.4. The highest BCUT2D eigenvalue weighted by molar-refractivity contribution is 5.67. The second-order valence-corrected chi connectivity index (χ2v) is 3.19. The lowest BCUT2D eigenvalue weighted by Gasteiger charge is -2.21. The van der Waals surface area contributed by atoms with Crippen LogP contribution in [0.1, 0.15) is 26.2 Å². The number of rotatable bonds is 3. The summed E-state index contributed by atoms with van der Waals surface area (Å²) in [6.45, 7) is 4.14. The molecule has 0 aromatic rings. The van der Waals surface area contributed by atoms with Gasteiger partial charge in [-0.2, -0.15) is 0 Å². The second kappa shape index (κ2) is 3.72. The normalized spacial score (nSPS) is 21.9. The van der Waals surface area contributed by atoms with Crippen LogP contribution >= 0.6 is 0 Å². The molecule has 0 aromatic carbocycles. The fourth-order valence-corrected chi connectivity index (χ4v) is 1.56. The first kappa shape index (κ1) is 8.53. The van der Waals surface area contributed by atoms with Crippen molar-refractivity contribution in [3.8, 4) is 0 Å². The van der Waals surface area contributed by atoms with Crippen LogP contribution in [0.4, 0.5) is 0 Å². The molecule has 1 aliphatic heterocycles. The predicted molar refractivity (Wildman–Crippen MR) is 42.5 cm³/mol. The molecule has 0 bridgehead atoms. The lowest BCUT2D eigenvalue weighted by Crippen LogP contribution is -2.31. The molecule has 1 heterocycles. The van der Waals surface area contributed by atoms with Crippen LogP contribution in [0.5, 0.6) is 0 Å². The first-order chi connectivity index (χ1) is 5.20. The number of carbonyl (C=O) groups is 1. The Morgan fingerprint density at radius 2 is 2.09 bits per heavy atom. The van der Waals surface area contributed by atoms with Crippen LogP contribution in [-0.2, 0) is 4.79 Å². The lowest BCUT2D eigenvalue weighted by atomic mass is 10.2. The molecule has 64 valence electrons. The Morgan fingerprint density at radius 3 is 2.55 bits per heavy atom. The van der Waals surface area contributed by atoms with E-state index < -0.39 is 5.97 Å². The summed E-state index contributed by atoms with van der Waals surface area (Å²) < 4.78 is 0. The number of hydrogen-bond donors (Lipinski definition) is 1. The zero-order valence-electron chi connectivity index (χ0n) is 6.92. The van der Waals surface area contributed by atoms with Crippen molar-refractivity contribution in [1.29, 1.82) is 0 Å². The van der Waals surface area contributed by atoms with Crippen molar-refractivity contribution < 1.29 is 9.90 Å². The highest BCUT2D eigenvalue weighted by Crippen LogP contribution is 2.13. The summed E-state index contributed by atoms with van der Waals surface area (Å²) in [5.41, 5.74) is 0. The predicted octanol–water partition coefficient (Wildman–Crippen LogP) is 0.945. The molecular weight excluding hydrogens is 142 g/mol. The minimum atomic E-state index is -0.690. The molecule has 0 saturated carbocycles. The van der Waals surface area contributed by atoms with Gasteiger partial charge in [0, 0.05) is 6.04 Å². The van der Waals surface area contributed by atoms with Gasteiger partial charge in [0.05, 0.1) is 6.42 Å². The van der Waals surface area contributed by atoms with Gasteiger partial charge in [0.15, 0.2) is 0 Å². The minimum absolute atomic E-state index is 0.218. The molecule has 1 saturated heterocycles. The van der Waals surface area contributed by atoms with Gasteiger partial charge in [0.1, 0.15) is 0 Å². The summed E-state index contributed by atoms with van der Waals surface area (Å²) in [5.74, 6) is -0.690. The lowest BCUT2D eigenvalue weighted by molar-refractivity contribution is -0.138. The molecule has 3 heteroatoms. The summed E-state index contributed by atoms with van der Waals surface area (Å²) in [7, 11) is 0. The van der Waals surface area contributed by atoms with Gasteiger partial charge in [-0.15, -0.1) is 0 Å². The summed E-state index contributed by atoms with van der Waals surface area (Å²) >= 11 is 0. The molecule has 1 atom stereocenters. The maximum Gasteiger partial charge on any atom is 0.304 e. The van der Waals surface area contributed by atoms with Gasteiger partial charge in [-0.1, -0.05) is 0 Å². The minimum Gasteiger partial charge on any atom is -0.481 e. The van der Waals surface area contributed by atoms with Crippen molar-refractivity contribution >= 4 is 5.97 Å². The number of aliphatic carboxylic acids is 1. The Morgan fingerprint density at radius 1 is 1.55 bits per heavy atom. The van der Waals surface area contributed by atoms with Crippen molar-refractivity contribution in [2.45, 2.75) is 32.2 Å². The first-order valence-electron chi connectivity index (χ1n) is 4.16. The number of nitrogens with zero attached hydrogens (tertiary/aromatic N) is 1. The largest absolute Gasteiger partial charge is 0.481 e. The van der Waals surface area contributed by atoms with Gasteiger partial charge in [-0.3, -0.25) is 4.79 Å². The SMILES string of the molecule is CC(CC(=O)O)N1CCCC1. The Balaban J connectivity index is 2.28. The van der Waals surface area contributed by atoms with Crippen molar-refractivity contribution in [2.24, 2.45) is 0 Å². The van der Waals surface area contributed by atoms with Crippen molar-refractivity contribution in [3.05, 3.63) is 0 Å². The number of hydrogen-bond acceptors (Lipinski definition) is 2. The van der Waals surface area contributed by atoms with Gasteiger partial charge < -0.3 is 10.0 Å². The van der Waals surface area contributed by atoms with E-state index in [9.17, 15) is 4.79 Å². The Labute approximate surface area is 67.0 Å². The smallest absolute Gasteiger partial charge is 0.304 e. The Bertz CT molecular complexity index is 141. The van der Waals surface area contributed by atoms with E-state index in [-0.39, 0.29) is 12.5 Å². The van der Waals surface area contributed by atoms with Crippen molar-refractivity contribution in [3.63, 3.8) is 0 Å². The van der Waals surface area contributed by atoms with Gasteiger partial charge >= 0.3 is 5.97 Å². The summed E-state index contributed by atoms with van der Waals surface area (Å²) in [6, 6.07) is 0.218. The Kier molecular flexibility index (Phi) is 2.88. The molecule has 0 radical (unpaired) electrons. The molecule has 0 amide bonds. The molecular formula is C8H15NO2. The summed E-state index contributed by atoms with van der Waals surface area (Å²) in [6.07, 6.45) is 2.73. The van der Waals surface area contributed by atoms with Crippen LogP contribution in [0.3, 0.4) is 0 Å². The molecule has 1 unspecified atom stereocenters. The van der Waals surface area contributed by atoms with Crippen LogP contribution < -0.4 is 0 Å². The molecule has 3 nitrogen and oxygen atoms in total. The van der Waals surface area contributed by atoms with E-state index in [2.05, 4.69) is 4.90 Å². The van der Waals surface area contributed by atoms with Crippen LogP contribution in [0, 0.1) is 0 Å². The van der Waals surface area contributed by atoms with Gasteiger partial charge in [0.25, 0.3) is 0 Å². The van der Waals surface area contributed by atoms with Crippen LogP contribution in [0.2, 0.25) is 0 Å². The third-order valence-electron chi connectivity index (χ3n) is 2.23. The van der Waals surface area contributed by atoms with Crippen LogP contribution in [0.15, 0.2) is 0 Å². The molecule has 11 heavy (non-hydrogen) atoms. The Hall–Kier alpha value is -0.570. The zero-order valence-corrected chi connectivity index (χ0v) is 6.92. The van der Waals surface area contributed by atoms with E-state index in [1.54, 1.807) is 0 Å². The van der Waals surface area contributed by atoms with Gasteiger partial charge in [-0.05, 0) is 32.9 Å². The van der Waals surface area contributed by atoms with Crippen LogP contribution in [-0.4, -0.2) is 35.1 Å².